The van der Waals surface area contributed by atoms with Gasteiger partial charge in [0.2, 0.25) is 5.91 Å². The molecule has 0 atom stereocenters. The van der Waals surface area contributed by atoms with Gasteiger partial charge in [-0.15, -0.1) is 0 Å². The van der Waals surface area contributed by atoms with Crippen LogP contribution in [-0.4, -0.2) is 23.9 Å². The number of carbonyl (C=O) groups excluding carboxylic acids is 2. The molecule has 1 heterocycles. The molecular weight excluding hydrogens is 220 g/mol. The van der Waals surface area contributed by atoms with Crippen LogP contribution in [0.25, 0.3) is 0 Å². The number of carbonyl (C=O) groups is 2. The Hall–Kier alpha value is -1.78. The van der Waals surface area contributed by atoms with E-state index in [1.54, 1.807) is 12.1 Å². The first-order valence-corrected chi connectivity index (χ1v) is 5.51. The Morgan fingerprint density at radius 1 is 1.35 bits per heavy atom. The molecule has 0 aliphatic carbocycles. The smallest absolute Gasteiger partial charge is 0.286 e. The van der Waals surface area contributed by atoms with Crippen LogP contribution in [0.2, 0.25) is 0 Å². The number of hydrogen-bond acceptors (Lipinski definition) is 3. The van der Waals surface area contributed by atoms with Gasteiger partial charge in [0, 0.05) is 18.5 Å². The van der Waals surface area contributed by atoms with Crippen LogP contribution in [0.5, 0.6) is 0 Å². The molecule has 5 heteroatoms. The van der Waals surface area contributed by atoms with Crippen LogP contribution in [0.3, 0.4) is 0 Å². The van der Waals surface area contributed by atoms with Gasteiger partial charge in [-0.2, -0.15) is 0 Å². The van der Waals surface area contributed by atoms with E-state index in [1.165, 1.54) is 6.26 Å². The van der Waals surface area contributed by atoms with E-state index in [2.05, 4.69) is 10.6 Å². The van der Waals surface area contributed by atoms with E-state index >= 15 is 0 Å². The normalized spacial score (nSPS) is 11.0. The molecule has 0 spiro atoms. The van der Waals surface area contributed by atoms with E-state index in [9.17, 15) is 9.59 Å². The Kier molecular flexibility index (Phi) is 4.31. The molecule has 0 unspecified atom stereocenters. The summed E-state index contributed by atoms with van der Waals surface area (Å²) >= 11 is 0. The highest BCUT2D eigenvalue weighted by Gasteiger charge is 2.14. The fourth-order valence-corrected chi connectivity index (χ4v) is 1.27. The summed E-state index contributed by atoms with van der Waals surface area (Å²) in [7, 11) is 0. The summed E-state index contributed by atoms with van der Waals surface area (Å²) in [6, 6.07) is 3.21. The summed E-state index contributed by atoms with van der Waals surface area (Å²) in [6.07, 6.45) is 1.69. The molecule has 94 valence electrons. The van der Waals surface area contributed by atoms with Gasteiger partial charge in [-0.3, -0.25) is 9.59 Å². The second-order valence-electron chi connectivity index (χ2n) is 4.78. The Morgan fingerprint density at radius 2 is 2.06 bits per heavy atom. The van der Waals surface area contributed by atoms with Crippen molar-refractivity contribution in [1.82, 2.24) is 10.6 Å². The largest absolute Gasteiger partial charge is 0.459 e. The van der Waals surface area contributed by atoms with Crippen LogP contribution in [-0.2, 0) is 4.79 Å². The predicted octanol–water partition coefficient (Wildman–Crippen LogP) is 1.31. The minimum atomic E-state index is -0.307. The molecule has 2 amide bonds. The zero-order valence-electron chi connectivity index (χ0n) is 10.4. The van der Waals surface area contributed by atoms with Gasteiger partial charge in [0.1, 0.15) is 0 Å². The molecule has 5 nitrogen and oxygen atoms in total. The third-order valence-corrected chi connectivity index (χ3v) is 1.90. The SMILES string of the molecule is CC(C)(C)NC(=O)CCNC(=O)c1ccco1. The Bertz CT molecular complexity index is 377. The van der Waals surface area contributed by atoms with E-state index in [4.69, 9.17) is 4.42 Å². The molecule has 0 aliphatic rings. The van der Waals surface area contributed by atoms with Crippen molar-refractivity contribution in [2.45, 2.75) is 32.7 Å². The lowest BCUT2D eigenvalue weighted by Gasteiger charge is -2.20. The highest BCUT2D eigenvalue weighted by molar-refractivity contribution is 5.91. The summed E-state index contributed by atoms with van der Waals surface area (Å²) in [5, 5.41) is 5.42. The van der Waals surface area contributed by atoms with Crippen molar-refractivity contribution in [2.24, 2.45) is 0 Å². The summed E-state index contributed by atoms with van der Waals surface area (Å²) in [4.78, 5) is 22.9. The molecule has 0 bridgehead atoms. The summed E-state index contributed by atoms with van der Waals surface area (Å²) < 4.78 is 4.92. The van der Waals surface area contributed by atoms with E-state index in [0.29, 0.717) is 6.54 Å². The molecule has 0 saturated carbocycles. The van der Waals surface area contributed by atoms with Crippen LogP contribution in [0.1, 0.15) is 37.7 Å². The summed E-state index contributed by atoms with van der Waals surface area (Å²) in [5.41, 5.74) is -0.248. The lowest BCUT2D eigenvalue weighted by molar-refractivity contribution is -0.122. The van der Waals surface area contributed by atoms with Crippen molar-refractivity contribution in [1.29, 1.82) is 0 Å². The van der Waals surface area contributed by atoms with Gasteiger partial charge >= 0.3 is 0 Å². The first-order valence-electron chi connectivity index (χ1n) is 5.51. The summed E-state index contributed by atoms with van der Waals surface area (Å²) in [5.74, 6) is -0.142. The highest BCUT2D eigenvalue weighted by atomic mass is 16.3. The van der Waals surface area contributed by atoms with Crippen LogP contribution < -0.4 is 10.6 Å². The Labute approximate surface area is 101 Å². The van der Waals surface area contributed by atoms with Gasteiger partial charge in [0.25, 0.3) is 5.91 Å². The highest BCUT2D eigenvalue weighted by Crippen LogP contribution is 2.00. The van der Waals surface area contributed by atoms with Crippen molar-refractivity contribution in [2.75, 3.05) is 6.54 Å². The average Bonchev–Trinajstić information content (AvgIpc) is 2.66. The van der Waals surface area contributed by atoms with Gasteiger partial charge in [0.15, 0.2) is 5.76 Å². The van der Waals surface area contributed by atoms with Crippen LogP contribution in [0.4, 0.5) is 0 Å². The maximum atomic E-state index is 11.4. The molecule has 0 aliphatic heterocycles. The summed E-state index contributed by atoms with van der Waals surface area (Å²) in [6.45, 7) is 6.02. The molecule has 2 N–H and O–H groups in total. The van der Waals surface area contributed by atoms with E-state index in [0.717, 1.165) is 0 Å². The number of furan rings is 1. The maximum Gasteiger partial charge on any atom is 0.286 e. The number of nitrogens with one attached hydrogen (secondary N) is 2. The molecule has 0 aromatic carbocycles. The molecule has 0 fully saturated rings. The number of rotatable bonds is 4. The molecule has 1 aromatic heterocycles. The first kappa shape index (κ1) is 13.3. The molecular formula is C12H18N2O3. The maximum absolute atomic E-state index is 11.4. The second kappa shape index (κ2) is 5.52. The van der Waals surface area contributed by atoms with E-state index in [-0.39, 0.29) is 29.5 Å². The van der Waals surface area contributed by atoms with Crippen LogP contribution >= 0.6 is 0 Å². The Morgan fingerprint density at radius 3 is 2.59 bits per heavy atom. The average molecular weight is 238 g/mol. The van der Waals surface area contributed by atoms with Crippen molar-refractivity contribution in [3.8, 4) is 0 Å². The van der Waals surface area contributed by atoms with Gasteiger partial charge in [-0.25, -0.2) is 0 Å². The van der Waals surface area contributed by atoms with Gasteiger partial charge in [-0.1, -0.05) is 0 Å². The number of hydrogen-bond donors (Lipinski definition) is 2. The molecule has 0 radical (unpaired) electrons. The monoisotopic (exact) mass is 238 g/mol. The number of amides is 2. The lowest BCUT2D eigenvalue weighted by Crippen LogP contribution is -2.41. The second-order valence-corrected chi connectivity index (χ2v) is 4.78. The van der Waals surface area contributed by atoms with Crippen molar-refractivity contribution >= 4 is 11.8 Å². The minimum Gasteiger partial charge on any atom is -0.459 e. The van der Waals surface area contributed by atoms with E-state index in [1.807, 2.05) is 20.8 Å². The van der Waals surface area contributed by atoms with Gasteiger partial charge in [-0.05, 0) is 32.9 Å². The van der Waals surface area contributed by atoms with Crippen molar-refractivity contribution in [3.05, 3.63) is 24.2 Å². The van der Waals surface area contributed by atoms with Crippen LogP contribution in [0.15, 0.2) is 22.8 Å². The van der Waals surface area contributed by atoms with Crippen molar-refractivity contribution < 1.29 is 14.0 Å². The zero-order chi connectivity index (χ0) is 12.9. The fraction of sp³-hybridized carbons (Fsp3) is 0.500. The van der Waals surface area contributed by atoms with Gasteiger partial charge < -0.3 is 15.1 Å². The lowest BCUT2D eigenvalue weighted by atomic mass is 10.1. The fourth-order valence-electron chi connectivity index (χ4n) is 1.27. The van der Waals surface area contributed by atoms with Crippen LogP contribution in [0, 0.1) is 0 Å². The third kappa shape index (κ3) is 5.19. The molecule has 0 saturated heterocycles. The first-order chi connectivity index (χ1) is 7.88. The van der Waals surface area contributed by atoms with Crippen molar-refractivity contribution in [3.63, 3.8) is 0 Å². The molecule has 1 rings (SSSR count). The van der Waals surface area contributed by atoms with E-state index < -0.39 is 0 Å². The van der Waals surface area contributed by atoms with Gasteiger partial charge in [0.05, 0.1) is 6.26 Å². The predicted molar refractivity (Wildman–Crippen MR) is 63.6 cm³/mol. The zero-order valence-corrected chi connectivity index (χ0v) is 10.4. The Balaban J connectivity index is 2.24. The third-order valence-electron chi connectivity index (χ3n) is 1.90. The standard InChI is InChI=1S/C12H18N2O3/c1-12(2,3)14-10(15)6-7-13-11(16)9-5-4-8-17-9/h4-5,8H,6-7H2,1-3H3,(H,13,16)(H,14,15). The quantitative estimate of drug-likeness (QED) is 0.830. The minimum absolute atomic E-state index is 0.0859. The molecule has 17 heavy (non-hydrogen) atoms. The molecule has 1 aromatic rings. The topological polar surface area (TPSA) is 71.3 Å².